The Morgan fingerprint density at radius 1 is 1.80 bits per heavy atom. The Bertz CT molecular complexity index is 219. The largest absolute Gasteiger partial charge is 0.316 e. The molecule has 0 aliphatic heterocycles. The van der Waals surface area contributed by atoms with Gasteiger partial charge in [-0.25, -0.2) is 5.48 Å². The molecule has 1 aromatic heterocycles. The molecule has 0 spiro atoms. The molecule has 0 atom stereocenters. The Labute approximate surface area is 59.4 Å². The van der Waals surface area contributed by atoms with Crippen molar-refractivity contribution in [2.75, 3.05) is 0 Å². The van der Waals surface area contributed by atoms with Crippen LogP contribution in [0.3, 0.4) is 0 Å². The molecule has 2 N–H and O–H groups in total. The van der Waals surface area contributed by atoms with Gasteiger partial charge in [0.15, 0.2) is 0 Å². The Hall–Kier alpha value is -0.870. The number of aryl methyl sites for hydroxylation is 2. The van der Waals surface area contributed by atoms with Gasteiger partial charge in [0.2, 0.25) is 0 Å². The van der Waals surface area contributed by atoms with Crippen LogP contribution in [0, 0.1) is 6.92 Å². The number of hydroxylamine groups is 1. The van der Waals surface area contributed by atoms with Crippen LogP contribution in [0.5, 0.6) is 0 Å². The molecule has 4 nitrogen and oxygen atoms in total. The highest BCUT2D eigenvalue weighted by atomic mass is 16.5. The van der Waals surface area contributed by atoms with Gasteiger partial charge in [0.1, 0.15) is 0 Å². The zero-order chi connectivity index (χ0) is 7.56. The lowest BCUT2D eigenvalue weighted by molar-refractivity contribution is 0.161. The van der Waals surface area contributed by atoms with Gasteiger partial charge in [0, 0.05) is 25.4 Å². The first-order valence-corrected chi connectivity index (χ1v) is 3.10. The fourth-order valence-corrected chi connectivity index (χ4v) is 0.907. The second-order valence-electron chi connectivity index (χ2n) is 2.25. The van der Waals surface area contributed by atoms with Crippen LogP contribution < -0.4 is 5.48 Å². The summed E-state index contributed by atoms with van der Waals surface area (Å²) in [6.45, 7) is 2.37. The Kier molecular flexibility index (Phi) is 2.03. The predicted molar refractivity (Wildman–Crippen MR) is 36.6 cm³/mol. The van der Waals surface area contributed by atoms with E-state index in [4.69, 9.17) is 5.21 Å². The molecule has 10 heavy (non-hydrogen) atoms. The van der Waals surface area contributed by atoms with Crippen LogP contribution in [0.2, 0.25) is 0 Å². The summed E-state index contributed by atoms with van der Waals surface area (Å²) >= 11 is 0. The molecule has 0 bridgehead atoms. The third-order valence-electron chi connectivity index (χ3n) is 1.38. The first-order chi connectivity index (χ1) is 4.74. The highest BCUT2D eigenvalue weighted by Gasteiger charge is 1.99. The monoisotopic (exact) mass is 141 g/mol. The van der Waals surface area contributed by atoms with E-state index in [1.54, 1.807) is 4.68 Å². The van der Waals surface area contributed by atoms with Crippen LogP contribution in [-0.4, -0.2) is 15.0 Å². The van der Waals surface area contributed by atoms with E-state index >= 15 is 0 Å². The minimum atomic E-state index is 0.458. The first-order valence-electron chi connectivity index (χ1n) is 3.10. The average Bonchev–Trinajstić information content (AvgIpc) is 2.13. The number of nitrogens with one attached hydrogen (secondary N) is 1. The molecule has 0 fully saturated rings. The molecule has 4 heteroatoms. The van der Waals surface area contributed by atoms with Crippen LogP contribution in [0.1, 0.15) is 11.3 Å². The topological polar surface area (TPSA) is 50.1 Å². The van der Waals surface area contributed by atoms with E-state index < -0.39 is 0 Å². The molecular formula is C6H11N3O. The maximum atomic E-state index is 8.37. The number of aromatic nitrogens is 2. The number of rotatable bonds is 2. The quantitative estimate of drug-likeness (QED) is 0.579. The van der Waals surface area contributed by atoms with Gasteiger partial charge in [0.25, 0.3) is 0 Å². The van der Waals surface area contributed by atoms with Gasteiger partial charge in [-0.05, 0) is 6.92 Å². The lowest BCUT2D eigenvalue weighted by atomic mass is 10.3. The zero-order valence-corrected chi connectivity index (χ0v) is 6.13. The number of nitrogens with zero attached hydrogens (tertiary/aromatic N) is 2. The maximum Gasteiger partial charge on any atom is 0.0639 e. The SMILES string of the molecule is Cc1nn(C)cc1CNO. The van der Waals surface area contributed by atoms with Gasteiger partial charge >= 0.3 is 0 Å². The minimum absolute atomic E-state index is 0.458. The van der Waals surface area contributed by atoms with Gasteiger partial charge in [-0.15, -0.1) is 0 Å². The Morgan fingerprint density at radius 2 is 2.50 bits per heavy atom. The van der Waals surface area contributed by atoms with E-state index in [9.17, 15) is 0 Å². The molecule has 0 amide bonds. The molecule has 0 aliphatic carbocycles. The molecule has 0 aliphatic rings. The van der Waals surface area contributed by atoms with Crippen LogP contribution >= 0.6 is 0 Å². The molecule has 0 radical (unpaired) electrons. The summed E-state index contributed by atoms with van der Waals surface area (Å²) in [4.78, 5) is 0. The lowest BCUT2D eigenvalue weighted by Crippen LogP contribution is -2.06. The summed E-state index contributed by atoms with van der Waals surface area (Å²) in [6, 6.07) is 0. The van der Waals surface area contributed by atoms with E-state index in [0.29, 0.717) is 6.54 Å². The fourth-order valence-electron chi connectivity index (χ4n) is 0.907. The summed E-state index contributed by atoms with van der Waals surface area (Å²) in [7, 11) is 1.86. The highest BCUT2D eigenvalue weighted by Crippen LogP contribution is 2.02. The molecule has 0 saturated carbocycles. The van der Waals surface area contributed by atoms with Crippen molar-refractivity contribution in [2.45, 2.75) is 13.5 Å². The van der Waals surface area contributed by atoms with Crippen LogP contribution in [0.25, 0.3) is 0 Å². The third kappa shape index (κ3) is 1.34. The second-order valence-corrected chi connectivity index (χ2v) is 2.25. The van der Waals surface area contributed by atoms with Crippen molar-refractivity contribution < 1.29 is 5.21 Å². The number of hydrogen-bond donors (Lipinski definition) is 2. The molecule has 1 rings (SSSR count). The third-order valence-corrected chi connectivity index (χ3v) is 1.38. The minimum Gasteiger partial charge on any atom is -0.316 e. The molecule has 1 heterocycles. The smallest absolute Gasteiger partial charge is 0.0639 e. The van der Waals surface area contributed by atoms with E-state index in [1.165, 1.54) is 0 Å². The van der Waals surface area contributed by atoms with Gasteiger partial charge in [0.05, 0.1) is 5.69 Å². The number of hydrogen-bond acceptors (Lipinski definition) is 3. The van der Waals surface area contributed by atoms with Crippen molar-refractivity contribution >= 4 is 0 Å². The summed E-state index contributed by atoms with van der Waals surface area (Å²) in [6.07, 6.45) is 1.87. The van der Waals surface area contributed by atoms with Crippen LogP contribution in [-0.2, 0) is 13.6 Å². The maximum absolute atomic E-state index is 8.37. The molecule has 0 unspecified atom stereocenters. The highest BCUT2D eigenvalue weighted by molar-refractivity contribution is 5.14. The van der Waals surface area contributed by atoms with E-state index in [0.717, 1.165) is 11.3 Å². The van der Waals surface area contributed by atoms with E-state index in [-0.39, 0.29) is 0 Å². The van der Waals surface area contributed by atoms with Gasteiger partial charge in [-0.2, -0.15) is 5.10 Å². The van der Waals surface area contributed by atoms with Gasteiger partial charge in [-0.1, -0.05) is 0 Å². The molecule has 56 valence electrons. The average molecular weight is 141 g/mol. The van der Waals surface area contributed by atoms with E-state index in [1.807, 2.05) is 20.2 Å². The fraction of sp³-hybridized carbons (Fsp3) is 0.500. The standard InChI is InChI=1S/C6H11N3O/c1-5-6(3-7-10)4-9(2)8-5/h4,7,10H,3H2,1-2H3. The normalized spacial score (nSPS) is 10.3. The summed E-state index contributed by atoms with van der Waals surface area (Å²) in [5.41, 5.74) is 4.05. The van der Waals surface area contributed by atoms with Gasteiger partial charge in [-0.3, -0.25) is 4.68 Å². The summed E-state index contributed by atoms with van der Waals surface area (Å²) in [5, 5.41) is 12.5. The van der Waals surface area contributed by atoms with Crippen molar-refractivity contribution in [1.29, 1.82) is 0 Å². The van der Waals surface area contributed by atoms with Crippen LogP contribution in [0.15, 0.2) is 6.20 Å². The zero-order valence-electron chi connectivity index (χ0n) is 6.13. The molecule has 0 saturated heterocycles. The van der Waals surface area contributed by atoms with E-state index in [2.05, 4.69) is 10.6 Å². The van der Waals surface area contributed by atoms with Crippen molar-refractivity contribution in [1.82, 2.24) is 15.3 Å². The Balaban J connectivity index is 2.81. The lowest BCUT2D eigenvalue weighted by Gasteiger charge is -1.92. The second kappa shape index (κ2) is 2.81. The van der Waals surface area contributed by atoms with Gasteiger partial charge < -0.3 is 5.21 Å². The van der Waals surface area contributed by atoms with Crippen molar-refractivity contribution in [3.8, 4) is 0 Å². The van der Waals surface area contributed by atoms with Crippen molar-refractivity contribution in [3.63, 3.8) is 0 Å². The van der Waals surface area contributed by atoms with Crippen molar-refractivity contribution in [2.24, 2.45) is 7.05 Å². The molecule has 1 aromatic rings. The molecule has 0 aromatic carbocycles. The summed E-state index contributed by atoms with van der Waals surface area (Å²) in [5.74, 6) is 0. The predicted octanol–water partition coefficient (Wildman–Crippen LogP) is 0.207. The summed E-state index contributed by atoms with van der Waals surface area (Å²) < 4.78 is 1.72. The van der Waals surface area contributed by atoms with Crippen molar-refractivity contribution in [3.05, 3.63) is 17.5 Å². The van der Waals surface area contributed by atoms with Crippen LogP contribution in [0.4, 0.5) is 0 Å². The first kappa shape index (κ1) is 7.24. The Morgan fingerprint density at radius 3 is 2.90 bits per heavy atom. The molecular weight excluding hydrogens is 130 g/mol.